The van der Waals surface area contributed by atoms with E-state index in [1.807, 2.05) is 110 Å². The van der Waals surface area contributed by atoms with Crippen LogP contribution in [0.15, 0.2) is 96.6 Å². The molecule has 6 heteroatoms. The number of methoxy groups -OCH3 is 1. The molecule has 0 aliphatic rings. The highest BCUT2D eigenvalue weighted by molar-refractivity contribution is 5.84. The van der Waals surface area contributed by atoms with Crippen LogP contribution in [-0.2, 0) is 17.8 Å². The Morgan fingerprint density at radius 3 is 1.78 bits per heavy atom. The second-order valence-corrected chi connectivity index (χ2v) is 12.7. The number of nitrogen functional groups attached to an aromatic ring is 1. The van der Waals surface area contributed by atoms with E-state index >= 15 is 0 Å². The normalized spacial score (nSPS) is 10.4. The average molecular weight is 679 g/mol. The lowest BCUT2D eigenvalue weighted by Gasteiger charge is -2.16. The van der Waals surface area contributed by atoms with Crippen LogP contribution in [0.25, 0.3) is 5.57 Å². The number of hydrogen-bond donors (Lipinski definition) is 3. The zero-order valence-electron chi connectivity index (χ0n) is 32.5. The molecule has 0 saturated carbocycles. The third kappa shape index (κ3) is 21.7. The van der Waals surface area contributed by atoms with Gasteiger partial charge in [-0.1, -0.05) is 121 Å². The van der Waals surface area contributed by atoms with Crippen LogP contribution < -0.4 is 11.1 Å². The lowest BCUT2D eigenvalue weighted by Crippen LogP contribution is -2.00. The highest BCUT2D eigenvalue weighted by Crippen LogP contribution is 2.31. The van der Waals surface area contributed by atoms with Crippen molar-refractivity contribution in [3.05, 3.63) is 142 Å². The second kappa shape index (κ2) is 27.0. The summed E-state index contributed by atoms with van der Waals surface area (Å²) in [5.74, 6) is -0.365. The molecule has 0 saturated heterocycles. The van der Waals surface area contributed by atoms with Crippen LogP contribution in [-0.4, -0.2) is 32.9 Å². The van der Waals surface area contributed by atoms with Crippen molar-refractivity contribution in [1.82, 2.24) is 5.32 Å². The summed E-state index contributed by atoms with van der Waals surface area (Å²) in [5, 5.41) is 12.2. The van der Waals surface area contributed by atoms with Gasteiger partial charge in [0.2, 0.25) is 0 Å². The molecule has 4 rings (SSSR count). The van der Waals surface area contributed by atoms with E-state index in [4.69, 9.17) is 10.5 Å². The lowest BCUT2D eigenvalue weighted by molar-refractivity contribution is 0.185. The first-order valence-corrected chi connectivity index (χ1v) is 16.9. The summed E-state index contributed by atoms with van der Waals surface area (Å²) in [7, 11) is 5.42. The number of anilines is 1. The van der Waals surface area contributed by atoms with Crippen molar-refractivity contribution < 1.29 is 18.6 Å². The molecule has 0 aromatic heterocycles. The van der Waals surface area contributed by atoms with Gasteiger partial charge >= 0.3 is 0 Å². The molecule has 0 spiro atoms. The van der Waals surface area contributed by atoms with E-state index in [0.29, 0.717) is 17.6 Å². The van der Waals surface area contributed by atoms with E-state index in [0.717, 1.165) is 51.1 Å². The number of aliphatic hydroxyl groups excluding tert-OH is 1. The van der Waals surface area contributed by atoms with Gasteiger partial charge in [-0.05, 0) is 104 Å². The Morgan fingerprint density at radius 2 is 1.33 bits per heavy atom. The fourth-order valence-corrected chi connectivity index (χ4v) is 3.99. The summed E-state index contributed by atoms with van der Waals surface area (Å²) in [4.78, 5) is 0. The number of halogens is 2. The maximum absolute atomic E-state index is 14.1. The molecule has 0 amide bonds. The lowest BCUT2D eigenvalue weighted by atomic mass is 9.89. The first-order valence-electron chi connectivity index (χ1n) is 16.9. The van der Waals surface area contributed by atoms with Gasteiger partial charge in [0.15, 0.2) is 0 Å². The number of hydrogen-bond acceptors (Lipinski definition) is 4. The number of nitrogens with two attached hydrogens (primary N) is 1. The van der Waals surface area contributed by atoms with E-state index in [9.17, 15) is 13.9 Å². The smallest absolute Gasteiger partial charge is 0.131 e. The van der Waals surface area contributed by atoms with Crippen molar-refractivity contribution in [2.24, 2.45) is 5.41 Å². The van der Waals surface area contributed by atoms with Crippen molar-refractivity contribution in [2.75, 3.05) is 33.5 Å². The van der Waals surface area contributed by atoms with Gasteiger partial charge < -0.3 is 20.9 Å². The summed E-state index contributed by atoms with van der Waals surface area (Å²) in [5.41, 5.74) is 14.0. The minimum Gasteiger partial charge on any atom is -0.399 e. The van der Waals surface area contributed by atoms with Crippen LogP contribution in [0.1, 0.15) is 88.8 Å². The Hall–Kier alpha value is -3.84. The zero-order valence-corrected chi connectivity index (χ0v) is 32.5. The van der Waals surface area contributed by atoms with Crippen LogP contribution in [0.4, 0.5) is 14.5 Å². The molecular weight excluding hydrogens is 614 g/mol. The van der Waals surface area contributed by atoms with Crippen LogP contribution in [0.3, 0.4) is 0 Å². The van der Waals surface area contributed by atoms with Crippen molar-refractivity contribution in [2.45, 2.75) is 82.3 Å². The van der Waals surface area contributed by atoms with Crippen molar-refractivity contribution in [3.63, 3.8) is 0 Å². The van der Waals surface area contributed by atoms with Gasteiger partial charge in [0, 0.05) is 18.4 Å². The molecule has 0 bridgehead atoms. The molecule has 0 aliphatic heterocycles. The maximum atomic E-state index is 14.1. The second-order valence-electron chi connectivity index (χ2n) is 12.7. The summed E-state index contributed by atoms with van der Waals surface area (Å²) >= 11 is 0. The molecule has 0 atom stereocenters. The van der Waals surface area contributed by atoms with Crippen LogP contribution in [0, 0.1) is 30.9 Å². The third-order valence-electron chi connectivity index (χ3n) is 6.07. The van der Waals surface area contributed by atoms with Crippen molar-refractivity contribution in [3.8, 4) is 0 Å². The molecule has 49 heavy (non-hydrogen) atoms. The molecule has 0 radical (unpaired) electrons. The highest BCUT2D eigenvalue weighted by Gasteiger charge is 2.15. The molecular formula is C43H64F2N2O2. The number of aliphatic hydroxyl groups is 1. The van der Waals surface area contributed by atoms with Gasteiger partial charge in [0.1, 0.15) is 11.6 Å². The Kier molecular flexibility index (Phi) is 26.1. The van der Waals surface area contributed by atoms with Crippen molar-refractivity contribution in [1.29, 1.82) is 0 Å². The Balaban J connectivity index is 0. The standard InChI is InChI=1S/C18H19FO.C8H9F.C8H11NO.C5H12.C2H7N.C2H6/c1-12-8-9-13(2)16(10-12)18(14(3)11-20)15-6-4-5-7-17(15)19;1-2-7-5-3-4-6-8(7)9;1-10-6-7-3-2-4-8(9)5-7;1-5(2,3)4;1-3-2;1-2/h4-10,20H,11H2,1-3H3;3-6H,2H2,1H3;2-5H,6,9H2,1H3;1-4H3;3H,1-2H3;1-2H3/b18-14+;;;;;. The predicted octanol–water partition coefficient (Wildman–Crippen LogP) is 11.0. The Morgan fingerprint density at radius 1 is 0.796 bits per heavy atom. The van der Waals surface area contributed by atoms with E-state index in [-0.39, 0.29) is 18.2 Å². The SMILES string of the molecule is C/C(CO)=C(\c1cc(C)ccc1C)c1ccccc1F.CC.CC(C)(C)C.CCc1ccccc1F.CNC.COCc1cccc(N)c1. The Labute approximate surface area is 297 Å². The monoisotopic (exact) mass is 678 g/mol. The molecule has 4 aromatic rings. The number of benzene rings is 4. The van der Waals surface area contributed by atoms with Crippen molar-refractivity contribution >= 4 is 11.3 Å². The molecule has 0 aliphatic carbocycles. The topological polar surface area (TPSA) is 67.5 Å². The summed E-state index contributed by atoms with van der Waals surface area (Å²) in [6.45, 7) is 21.1. The van der Waals surface area contributed by atoms with E-state index in [2.05, 4.69) is 33.0 Å². The van der Waals surface area contributed by atoms with Gasteiger partial charge in [0.25, 0.3) is 0 Å². The molecule has 0 fully saturated rings. The Bertz CT molecular complexity index is 1470. The first kappa shape index (κ1) is 47.3. The summed E-state index contributed by atoms with van der Waals surface area (Å²) < 4.78 is 31.7. The van der Waals surface area contributed by atoms with E-state index in [1.165, 1.54) is 12.1 Å². The fraction of sp³-hybridized carbons (Fsp3) is 0.395. The predicted molar refractivity (Wildman–Crippen MR) is 210 cm³/mol. The molecule has 0 heterocycles. The molecule has 4 N–H and O–H groups in total. The third-order valence-corrected chi connectivity index (χ3v) is 6.07. The quantitative estimate of drug-likeness (QED) is 0.178. The average Bonchev–Trinajstić information content (AvgIpc) is 3.05. The maximum Gasteiger partial charge on any atom is 0.131 e. The molecule has 4 nitrogen and oxygen atoms in total. The van der Waals surface area contributed by atoms with Crippen LogP contribution >= 0.6 is 0 Å². The molecule has 4 aromatic carbocycles. The number of rotatable bonds is 6. The summed E-state index contributed by atoms with van der Waals surface area (Å²) in [6, 6.07) is 27.3. The first-order chi connectivity index (χ1) is 23.1. The molecule has 272 valence electrons. The number of aryl methyl sites for hydroxylation is 3. The van der Waals surface area contributed by atoms with Crippen LogP contribution in [0.2, 0.25) is 0 Å². The van der Waals surface area contributed by atoms with Gasteiger partial charge in [-0.25, -0.2) is 8.78 Å². The van der Waals surface area contributed by atoms with Gasteiger partial charge in [0.05, 0.1) is 13.2 Å². The van der Waals surface area contributed by atoms with Gasteiger partial charge in [-0.3, -0.25) is 0 Å². The van der Waals surface area contributed by atoms with E-state index < -0.39 is 0 Å². The number of nitrogens with one attached hydrogen (secondary N) is 1. The highest BCUT2D eigenvalue weighted by atomic mass is 19.1. The minimum absolute atomic E-state index is 0.0863. The van der Waals surface area contributed by atoms with Gasteiger partial charge in [-0.15, -0.1) is 0 Å². The van der Waals surface area contributed by atoms with E-state index in [1.54, 1.807) is 31.4 Å². The van der Waals surface area contributed by atoms with Crippen LogP contribution in [0.5, 0.6) is 0 Å². The summed E-state index contributed by atoms with van der Waals surface area (Å²) in [6.07, 6.45) is 0.771. The zero-order chi connectivity index (χ0) is 38.0. The number of ether oxygens (including phenoxy) is 1. The largest absolute Gasteiger partial charge is 0.399 e. The minimum atomic E-state index is -0.267. The fourth-order valence-electron chi connectivity index (χ4n) is 3.99. The van der Waals surface area contributed by atoms with Gasteiger partial charge in [-0.2, -0.15) is 0 Å². The molecule has 0 unspecified atom stereocenters.